The molecule has 0 aliphatic rings. The van der Waals surface area contributed by atoms with Crippen LogP contribution in [0.25, 0.3) is 10.9 Å². The number of pyridine rings is 1. The van der Waals surface area contributed by atoms with E-state index >= 15 is 0 Å². The van der Waals surface area contributed by atoms with E-state index < -0.39 is 0 Å². The maximum atomic E-state index is 12.7. The van der Waals surface area contributed by atoms with Crippen LogP contribution in [0.3, 0.4) is 0 Å². The van der Waals surface area contributed by atoms with Gasteiger partial charge in [-0.25, -0.2) is 0 Å². The molecule has 0 saturated carbocycles. The molecule has 0 amide bonds. The molecule has 0 saturated heterocycles. The van der Waals surface area contributed by atoms with Crippen molar-refractivity contribution in [2.75, 3.05) is 19.8 Å². The van der Waals surface area contributed by atoms with Crippen molar-refractivity contribution in [3.63, 3.8) is 0 Å². The van der Waals surface area contributed by atoms with Crippen molar-refractivity contribution >= 4 is 10.9 Å². The molecule has 5 heteroatoms. The first kappa shape index (κ1) is 24.1. The van der Waals surface area contributed by atoms with Crippen molar-refractivity contribution in [2.24, 2.45) is 0 Å². The lowest BCUT2D eigenvalue weighted by molar-refractivity contribution is 0.261. The summed E-state index contributed by atoms with van der Waals surface area (Å²) < 4.78 is 17.7. The highest BCUT2D eigenvalue weighted by Gasteiger charge is 2.16. The van der Waals surface area contributed by atoms with Crippen LogP contribution in [0.2, 0.25) is 0 Å². The van der Waals surface area contributed by atoms with E-state index in [1.54, 1.807) is 0 Å². The average molecular weight is 418 g/mol. The molecule has 0 atom stereocenters. The first-order valence-corrected chi connectivity index (χ1v) is 11.8. The molecule has 0 radical (unpaired) electrons. The summed E-state index contributed by atoms with van der Waals surface area (Å²) in [4.78, 5) is 15.6. The highest BCUT2D eigenvalue weighted by Crippen LogP contribution is 2.33. The van der Waals surface area contributed by atoms with E-state index in [-0.39, 0.29) is 11.3 Å². The first-order chi connectivity index (χ1) is 14.7. The Morgan fingerprint density at radius 2 is 1.30 bits per heavy atom. The number of H-pyrrole nitrogens is 1. The van der Waals surface area contributed by atoms with Crippen molar-refractivity contribution in [2.45, 2.75) is 85.0 Å². The minimum absolute atomic E-state index is 0.252. The highest BCUT2D eigenvalue weighted by molar-refractivity contribution is 5.88. The second-order valence-corrected chi connectivity index (χ2v) is 7.84. The molecule has 2 aromatic rings. The van der Waals surface area contributed by atoms with Gasteiger partial charge in [-0.3, -0.25) is 4.79 Å². The van der Waals surface area contributed by atoms with Crippen LogP contribution >= 0.6 is 0 Å². The molecule has 1 heterocycles. The lowest BCUT2D eigenvalue weighted by Crippen LogP contribution is -2.15. The van der Waals surface area contributed by atoms with Gasteiger partial charge in [0, 0.05) is 11.5 Å². The minimum atomic E-state index is -0.252. The Morgan fingerprint density at radius 1 is 0.700 bits per heavy atom. The van der Waals surface area contributed by atoms with Crippen molar-refractivity contribution in [3.05, 3.63) is 28.6 Å². The molecule has 0 fully saturated rings. The van der Waals surface area contributed by atoms with Gasteiger partial charge < -0.3 is 19.2 Å². The molecular formula is C25H39NO4. The topological polar surface area (TPSA) is 60.6 Å². The zero-order chi connectivity index (χ0) is 21.6. The molecule has 168 valence electrons. The van der Waals surface area contributed by atoms with Crippen molar-refractivity contribution < 1.29 is 14.2 Å². The zero-order valence-electron chi connectivity index (χ0n) is 19.1. The van der Waals surface area contributed by atoms with E-state index in [9.17, 15) is 4.79 Å². The summed E-state index contributed by atoms with van der Waals surface area (Å²) in [5, 5.41) is 0.851. The number of fused-ring (bicyclic) bond motifs is 1. The molecule has 1 aromatic carbocycles. The first-order valence-electron chi connectivity index (χ1n) is 11.8. The fraction of sp³-hybridized carbons (Fsp3) is 0.640. The predicted octanol–water partition coefficient (Wildman–Crippen LogP) is 6.63. The molecule has 2 rings (SSSR count). The number of hydrogen-bond donors (Lipinski definition) is 1. The molecule has 0 aliphatic heterocycles. The van der Waals surface area contributed by atoms with Crippen LogP contribution in [0.5, 0.6) is 17.2 Å². The van der Waals surface area contributed by atoms with Gasteiger partial charge in [-0.15, -0.1) is 0 Å². The van der Waals surface area contributed by atoms with E-state index in [0.717, 1.165) is 48.8 Å². The van der Waals surface area contributed by atoms with Crippen molar-refractivity contribution in [1.29, 1.82) is 0 Å². The third-order valence-electron chi connectivity index (χ3n) is 5.15. The summed E-state index contributed by atoms with van der Waals surface area (Å²) in [5.41, 5.74) is 0.466. The molecule has 1 N–H and O–H groups in total. The number of hydrogen-bond acceptors (Lipinski definition) is 4. The number of benzene rings is 1. The number of nitrogens with one attached hydrogen (secondary N) is 1. The maximum absolute atomic E-state index is 12.7. The number of unbranched alkanes of at least 4 members (excludes halogenated alkanes) is 7. The third-order valence-corrected chi connectivity index (χ3v) is 5.15. The summed E-state index contributed by atoms with van der Waals surface area (Å²) in [7, 11) is 0. The Bertz CT molecular complexity index is 800. The smallest absolute Gasteiger partial charge is 0.294 e. The Balaban J connectivity index is 2.11. The summed E-state index contributed by atoms with van der Waals surface area (Å²) in [6.07, 6.45) is 11.3. The SMILES string of the molecule is CCCCCCCCOc1ccc2c(OCCCC)c(OCCCC)c(=O)[nH]c2c1. The van der Waals surface area contributed by atoms with E-state index in [4.69, 9.17) is 14.2 Å². The van der Waals surface area contributed by atoms with Crippen LogP contribution < -0.4 is 19.8 Å². The summed E-state index contributed by atoms with van der Waals surface area (Å²) in [5.74, 6) is 1.60. The average Bonchev–Trinajstić information content (AvgIpc) is 2.74. The van der Waals surface area contributed by atoms with Gasteiger partial charge in [0.05, 0.1) is 25.3 Å². The minimum Gasteiger partial charge on any atom is -0.494 e. The maximum Gasteiger partial charge on any atom is 0.294 e. The van der Waals surface area contributed by atoms with Gasteiger partial charge in [-0.1, -0.05) is 65.7 Å². The largest absolute Gasteiger partial charge is 0.494 e. The number of aromatic nitrogens is 1. The normalized spacial score (nSPS) is 11.0. The van der Waals surface area contributed by atoms with Crippen LogP contribution in [-0.2, 0) is 0 Å². The lowest BCUT2D eigenvalue weighted by atomic mass is 10.1. The van der Waals surface area contributed by atoms with E-state index in [2.05, 4.69) is 25.8 Å². The molecular weight excluding hydrogens is 378 g/mol. The van der Waals surface area contributed by atoms with Crippen LogP contribution in [0.15, 0.2) is 23.0 Å². The summed E-state index contributed by atoms with van der Waals surface area (Å²) >= 11 is 0. The summed E-state index contributed by atoms with van der Waals surface area (Å²) in [6.45, 7) is 8.21. The fourth-order valence-corrected chi connectivity index (χ4v) is 3.30. The van der Waals surface area contributed by atoms with Gasteiger partial charge in [0.15, 0.2) is 5.75 Å². The Morgan fingerprint density at radius 3 is 2.00 bits per heavy atom. The molecule has 0 aliphatic carbocycles. The van der Waals surface area contributed by atoms with E-state index in [0.29, 0.717) is 25.6 Å². The Kier molecular flexibility index (Phi) is 11.2. The molecule has 0 unspecified atom stereocenters. The van der Waals surface area contributed by atoms with Gasteiger partial charge in [0.2, 0.25) is 5.75 Å². The van der Waals surface area contributed by atoms with E-state index in [1.165, 1.54) is 32.1 Å². The molecule has 5 nitrogen and oxygen atoms in total. The zero-order valence-corrected chi connectivity index (χ0v) is 19.1. The number of aromatic amines is 1. The second kappa shape index (κ2) is 13.9. The molecule has 1 aromatic heterocycles. The van der Waals surface area contributed by atoms with Crippen LogP contribution in [-0.4, -0.2) is 24.8 Å². The van der Waals surface area contributed by atoms with E-state index in [1.807, 2.05) is 18.2 Å². The number of ether oxygens (including phenoxy) is 3. The van der Waals surface area contributed by atoms with Gasteiger partial charge in [0.1, 0.15) is 5.75 Å². The van der Waals surface area contributed by atoms with Crippen LogP contribution in [0, 0.1) is 0 Å². The second-order valence-electron chi connectivity index (χ2n) is 7.84. The molecule has 0 bridgehead atoms. The van der Waals surface area contributed by atoms with Crippen molar-refractivity contribution in [1.82, 2.24) is 4.98 Å². The Hall–Kier alpha value is -2.17. The van der Waals surface area contributed by atoms with Gasteiger partial charge in [-0.2, -0.15) is 0 Å². The number of rotatable bonds is 16. The monoisotopic (exact) mass is 417 g/mol. The third kappa shape index (κ3) is 7.58. The highest BCUT2D eigenvalue weighted by atomic mass is 16.5. The van der Waals surface area contributed by atoms with Crippen LogP contribution in [0.1, 0.15) is 85.0 Å². The molecule has 0 spiro atoms. The summed E-state index contributed by atoms with van der Waals surface area (Å²) in [6, 6.07) is 5.78. The van der Waals surface area contributed by atoms with Gasteiger partial charge in [0.25, 0.3) is 5.56 Å². The fourth-order valence-electron chi connectivity index (χ4n) is 3.30. The van der Waals surface area contributed by atoms with Crippen LogP contribution in [0.4, 0.5) is 0 Å². The lowest BCUT2D eigenvalue weighted by Gasteiger charge is -2.15. The standard InChI is InChI=1S/C25H39NO4/c1-4-7-10-11-12-13-18-28-20-14-15-21-22(19-20)26-25(27)24(30-17-9-6-3)23(21)29-16-8-5-2/h14-15,19H,4-13,16-18H2,1-3H3,(H,26,27). The molecule has 30 heavy (non-hydrogen) atoms. The van der Waals surface area contributed by atoms with Gasteiger partial charge >= 0.3 is 0 Å². The Labute approximate surface area is 181 Å². The van der Waals surface area contributed by atoms with Gasteiger partial charge in [-0.05, 0) is 31.4 Å². The van der Waals surface area contributed by atoms with Crippen molar-refractivity contribution in [3.8, 4) is 17.2 Å². The predicted molar refractivity (Wildman–Crippen MR) is 124 cm³/mol. The quantitative estimate of drug-likeness (QED) is 0.312.